The molecule has 2 heterocycles. The van der Waals surface area contributed by atoms with Crippen molar-refractivity contribution in [3.63, 3.8) is 0 Å². The third kappa shape index (κ3) is 4.30. The molecule has 0 atom stereocenters. The monoisotopic (exact) mass is 389 g/mol. The molecule has 0 saturated heterocycles. The summed E-state index contributed by atoms with van der Waals surface area (Å²) in [4.78, 5) is 0. The largest absolute Gasteiger partial charge is 0.463 e. The second kappa shape index (κ2) is 8.88. The van der Waals surface area contributed by atoms with Gasteiger partial charge in [-0.25, -0.2) is 9.07 Å². The van der Waals surface area contributed by atoms with Gasteiger partial charge in [0.1, 0.15) is 11.5 Å². The van der Waals surface area contributed by atoms with Crippen LogP contribution in [-0.2, 0) is 6.54 Å². The summed E-state index contributed by atoms with van der Waals surface area (Å²) in [6, 6.07) is 18.4. The zero-order valence-corrected chi connectivity index (χ0v) is 16.4. The van der Waals surface area contributed by atoms with Gasteiger partial charge < -0.3 is 9.73 Å². The van der Waals surface area contributed by atoms with E-state index in [0.717, 1.165) is 59.8 Å². The molecule has 0 bridgehead atoms. The minimum atomic E-state index is -0.231. The molecule has 4 aromatic rings. The molecule has 5 heteroatoms. The van der Waals surface area contributed by atoms with E-state index in [1.807, 2.05) is 47.3 Å². The van der Waals surface area contributed by atoms with Gasteiger partial charge in [-0.05, 0) is 60.5 Å². The van der Waals surface area contributed by atoms with Gasteiger partial charge >= 0.3 is 0 Å². The third-order valence-corrected chi connectivity index (χ3v) is 4.91. The van der Waals surface area contributed by atoms with Gasteiger partial charge in [0.25, 0.3) is 0 Å². The van der Waals surface area contributed by atoms with E-state index in [1.54, 1.807) is 18.4 Å². The van der Waals surface area contributed by atoms with Crippen molar-refractivity contribution in [2.45, 2.75) is 26.3 Å². The fourth-order valence-electron chi connectivity index (χ4n) is 3.35. The molecule has 0 aliphatic carbocycles. The number of hydrogen-bond acceptors (Lipinski definition) is 3. The standard InChI is InChI=1S/C24H24FN3O/c1-2-3-14-26-16-20-17-27-28(24(20)23-5-4-15-29-23)22-12-8-19(9-13-22)18-6-10-21(25)11-7-18/h4-13,15,17,26H,2-3,14,16H2,1H3. The van der Waals surface area contributed by atoms with Crippen molar-refractivity contribution >= 4 is 0 Å². The summed E-state index contributed by atoms with van der Waals surface area (Å²) in [5.74, 6) is 0.558. The van der Waals surface area contributed by atoms with Gasteiger partial charge in [0.05, 0.1) is 18.1 Å². The van der Waals surface area contributed by atoms with Crippen molar-refractivity contribution in [2.24, 2.45) is 0 Å². The molecule has 1 N–H and O–H groups in total. The SMILES string of the molecule is CCCCNCc1cnn(-c2ccc(-c3ccc(F)cc3)cc2)c1-c1ccco1. The third-order valence-electron chi connectivity index (χ3n) is 4.91. The maximum atomic E-state index is 13.2. The molecule has 0 radical (unpaired) electrons. The van der Waals surface area contributed by atoms with Crippen molar-refractivity contribution in [1.29, 1.82) is 0 Å². The maximum Gasteiger partial charge on any atom is 0.152 e. The lowest BCUT2D eigenvalue weighted by Gasteiger charge is -2.10. The van der Waals surface area contributed by atoms with Crippen molar-refractivity contribution in [3.8, 4) is 28.3 Å². The lowest BCUT2D eigenvalue weighted by Crippen LogP contribution is -2.14. The van der Waals surface area contributed by atoms with Crippen LogP contribution in [0, 0.1) is 5.82 Å². The molecule has 29 heavy (non-hydrogen) atoms. The first-order chi connectivity index (χ1) is 14.3. The van der Waals surface area contributed by atoms with E-state index < -0.39 is 0 Å². The molecular formula is C24H24FN3O. The normalized spacial score (nSPS) is 11.1. The molecule has 2 aromatic heterocycles. The summed E-state index contributed by atoms with van der Waals surface area (Å²) >= 11 is 0. The second-order valence-electron chi connectivity index (χ2n) is 6.99. The zero-order chi connectivity index (χ0) is 20.1. The summed E-state index contributed by atoms with van der Waals surface area (Å²) in [6.45, 7) is 3.90. The van der Waals surface area contributed by atoms with E-state index in [-0.39, 0.29) is 5.82 Å². The topological polar surface area (TPSA) is 43.0 Å². The van der Waals surface area contributed by atoms with Gasteiger partial charge in [0, 0.05) is 12.1 Å². The van der Waals surface area contributed by atoms with Crippen molar-refractivity contribution in [2.75, 3.05) is 6.54 Å². The smallest absolute Gasteiger partial charge is 0.152 e. The highest BCUT2D eigenvalue weighted by Crippen LogP contribution is 2.28. The number of benzene rings is 2. The van der Waals surface area contributed by atoms with Crippen molar-refractivity contribution in [3.05, 3.63) is 84.5 Å². The van der Waals surface area contributed by atoms with Crippen LogP contribution in [-0.4, -0.2) is 16.3 Å². The summed E-state index contributed by atoms with van der Waals surface area (Å²) in [7, 11) is 0. The van der Waals surface area contributed by atoms with Gasteiger partial charge in [-0.15, -0.1) is 0 Å². The highest BCUT2D eigenvalue weighted by molar-refractivity contribution is 5.66. The van der Waals surface area contributed by atoms with Crippen LogP contribution in [0.5, 0.6) is 0 Å². The van der Waals surface area contributed by atoms with E-state index in [9.17, 15) is 4.39 Å². The average Bonchev–Trinajstić information content (AvgIpc) is 3.42. The van der Waals surface area contributed by atoms with E-state index >= 15 is 0 Å². The molecule has 4 rings (SSSR count). The number of hydrogen-bond donors (Lipinski definition) is 1. The lowest BCUT2D eigenvalue weighted by molar-refractivity contribution is 0.574. The number of aromatic nitrogens is 2. The Balaban J connectivity index is 1.63. The molecule has 0 saturated carbocycles. The van der Waals surface area contributed by atoms with Gasteiger partial charge in [0.15, 0.2) is 5.76 Å². The van der Waals surface area contributed by atoms with Crippen LogP contribution >= 0.6 is 0 Å². The Labute approximate surface area is 170 Å². The number of nitrogens with zero attached hydrogens (tertiary/aromatic N) is 2. The van der Waals surface area contributed by atoms with E-state index in [2.05, 4.69) is 17.3 Å². The molecule has 0 fully saturated rings. The molecule has 4 nitrogen and oxygen atoms in total. The zero-order valence-electron chi connectivity index (χ0n) is 16.4. The van der Waals surface area contributed by atoms with Crippen molar-refractivity contribution < 1.29 is 8.81 Å². The Morgan fingerprint density at radius 2 is 1.72 bits per heavy atom. The van der Waals surface area contributed by atoms with Crippen LogP contribution in [0.25, 0.3) is 28.3 Å². The average molecular weight is 389 g/mol. The van der Waals surface area contributed by atoms with Gasteiger partial charge in [-0.3, -0.25) is 0 Å². The number of unbranched alkanes of at least 4 members (excludes halogenated alkanes) is 1. The van der Waals surface area contributed by atoms with Gasteiger partial charge in [-0.2, -0.15) is 5.10 Å². The molecule has 0 aliphatic heterocycles. The van der Waals surface area contributed by atoms with Crippen LogP contribution in [0.1, 0.15) is 25.3 Å². The first-order valence-electron chi connectivity index (χ1n) is 9.94. The first-order valence-corrected chi connectivity index (χ1v) is 9.94. The molecule has 148 valence electrons. The molecule has 0 amide bonds. The predicted molar refractivity (Wildman–Crippen MR) is 113 cm³/mol. The maximum absolute atomic E-state index is 13.2. The Morgan fingerprint density at radius 1 is 1.00 bits per heavy atom. The molecular weight excluding hydrogens is 365 g/mol. The van der Waals surface area contributed by atoms with Crippen LogP contribution < -0.4 is 5.32 Å². The summed E-state index contributed by atoms with van der Waals surface area (Å²) in [5.41, 5.74) is 5.00. The van der Waals surface area contributed by atoms with E-state index in [0.29, 0.717) is 0 Å². The number of halogens is 1. The van der Waals surface area contributed by atoms with Crippen molar-refractivity contribution in [1.82, 2.24) is 15.1 Å². The van der Waals surface area contributed by atoms with Crippen LogP contribution in [0.3, 0.4) is 0 Å². The highest BCUT2D eigenvalue weighted by Gasteiger charge is 2.16. The number of rotatable bonds is 8. The minimum absolute atomic E-state index is 0.231. The Bertz CT molecular complexity index is 1030. The van der Waals surface area contributed by atoms with E-state index in [1.165, 1.54) is 12.1 Å². The minimum Gasteiger partial charge on any atom is -0.463 e. The fraction of sp³-hybridized carbons (Fsp3) is 0.208. The first kappa shape index (κ1) is 19.2. The predicted octanol–water partition coefficient (Wildman–Crippen LogP) is 5.83. The molecule has 0 spiro atoms. The Kier molecular flexibility index (Phi) is 5.86. The fourth-order valence-corrected chi connectivity index (χ4v) is 3.35. The molecule has 2 aromatic carbocycles. The van der Waals surface area contributed by atoms with Gasteiger partial charge in [-0.1, -0.05) is 37.6 Å². The highest BCUT2D eigenvalue weighted by atomic mass is 19.1. The molecule has 0 aliphatic rings. The van der Waals surface area contributed by atoms with Gasteiger partial charge in [0.2, 0.25) is 0 Å². The molecule has 0 unspecified atom stereocenters. The Hall–Kier alpha value is -3.18. The second-order valence-corrected chi connectivity index (χ2v) is 6.99. The Morgan fingerprint density at radius 3 is 2.38 bits per heavy atom. The summed E-state index contributed by atoms with van der Waals surface area (Å²) < 4.78 is 20.8. The number of nitrogens with one attached hydrogen (secondary N) is 1. The van der Waals surface area contributed by atoms with Crippen LogP contribution in [0.4, 0.5) is 4.39 Å². The number of furan rings is 1. The van der Waals surface area contributed by atoms with Crippen LogP contribution in [0.15, 0.2) is 77.5 Å². The summed E-state index contributed by atoms with van der Waals surface area (Å²) in [5, 5.41) is 8.10. The quantitative estimate of drug-likeness (QED) is 0.386. The van der Waals surface area contributed by atoms with E-state index in [4.69, 9.17) is 4.42 Å². The lowest BCUT2D eigenvalue weighted by atomic mass is 10.1. The van der Waals surface area contributed by atoms with Crippen LogP contribution in [0.2, 0.25) is 0 Å². The summed E-state index contributed by atoms with van der Waals surface area (Å²) in [6.07, 6.45) is 5.88.